The molecule has 0 heterocycles. The Bertz CT molecular complexity index is 337. The van der Waals surface area contributed by atoms with Crippen LogP contribution in [-0.2, 0) is 11.1 Å². The van der Waals surface area contributed by atoms with E-state index in [0.29, 0.717) is 4.90 Å². The van der Waals surface area contributed by atoms with Gasteiger partial charge in [0.25, 0.3) is 0 Å². The van der Waals surface area contributed by atoms with Gasteiger partial charge >= 0.3 is 51.4 Å². The summed E-state index contributed by atoms with van der Waals surface area (Å²) >= 11 is -2.11. The maximum absolute atomic E-state index is 10.7. The Hall–Kier alpha value is 0.966. The van der Waals surface area contributed by atoms with Gasteiger partial charge in [0.15, 0.2) is 0 Å². The van der Waals surface area contributed by atoms with Crippen LogP contribution < -0.4 is 51.4 Å². The Morgan fingerprint density at radius 1 is 1.15 bits per heavy atom. The van der Waals surface area contributed by atoms with Crippen molar-refractivity contribution in [1.82, 2.24) is 0 Å². The molecule has 0 aliphatic heterocycles. The summed E-state index contributed by atoms with van der Waals surface area (Å²) in [4.78, 5) is 0.401. The second-order valence-corrected chi connectivity index (χ2v) is 3.77. The molecule has 1 aromatic carbocycles. The predicted octanol–water partition coefficient (Wildman–Crippen LogP) is -1.15. The number of benzene rings is 1. The molecule has 0 radical (unpaired) electrons. The first-order valence-corrected chi connectivity index (χ1v) is 4.77. The summed E-state index contributed by atoms with van der Waals surface area (Å²) in [6.45, 7) is 5.73. The molecule has 0 saturated carbocycles. The van der Waals surface area contributed by atoms with Crippen LogP contribution in [0, 0.1) is 20.8 Å². The van der Waals surface area contributed by atoms with Crippen LogP contribution in [0.4, 0.5) is 0 Å². The van der Waals surface area contributed by atoms with Gasteiger partial charge in [-0.25, -0.2) is 0 Å². The van der Waals surface area contributed by atoms with E-state index in [1.165, 1.54) is 0 Å². The standard InChI is InChI=1S/C9H12O2S.K/c1-6-4-5-9(12(10)11)8(3)7(6)2;/h4-5H,1-3H3,(H,10,11);/q;+1/p-1. The second kappa shape index (κ2) is 5.75. The van der Waals surface area contributed by atoms with Gasteiger partial charge in [-0.05, 0) is 54.6 Å². The van der Waals surface area contributed by atoms with Crippen molar-refractivity contribution in [2.75, 3.05) is 0 Å². The van der Waals surface area contributed by atoms with Crippen molar-refractivity contribution < 1.29 is 60.1 Å². The molecule has 1 aromatic rings. The smallest absolute Gasteiger partial charge is 0.768 e. The van der Waals surface area contributed by atoms with Crippen LogP contribution >= 0.6 is 0 Å². The number of rotatable bonds is 1. The molecule has 0 saturated heterocycles. The molecule has 2 nitrogen and oxygen atoms in total. The summed E-state index contributed by atoms with van der Waals surface area (Å²) in [5.74, 6) is 0. The van der Waals surface area contributed by atoms with Gasteiger partial charge in [-0.15, -0.1) is 0 Å². The molecule has 1 rings (SSSR count). The van der Waals surface area contributed by atoms with E-state index in [9.17, 15) is 8.76 Å². The molecule has 0 fully saturated rings. The van der Waals surface area contributed by atoms with Crippen LogP contribution in [0.2, 0.25) is 0 Å². The van der Waals surface area contributed by atoms with Gasteiger partial charge in [0.05, 0.1) is 0 Å². The Morgan fingerprint density at radius 2 is 1.69 bits per heavy atom. The van der Waals surface area contributed by atoms with Gasteiger partial charge in [0, 0.05) is 4.90 Å². The average Bonchev–Trinajstić information content (AvgIpc) is 2.00. The van der Waals surface area contributed by atoms with E-state index in [1.807, 2.05) is 26.8 Å². The number of hydrogen-bond acceptors (Lipinski definition) is 2. The minimum Gasteiger partial charge on any atom is -0.768 e. The molecule has 13 heavy (non-hydrogen) atoms. The molecule has 0 aliphatic rings. The van der Waals surface area contributed by atoms with E-state index in [2.05, 4.69) is 0 Å². The van der Waals surface area contributed by atoms with Gasteiger partial charge in [0.2, 0.25) is 0 Å². The minimum atomic E-state index is -2.11. The molecule has 0 amide bonds. The zero-order chi connectivity index (χ0) is 9.30. The van der Waals surface area contributed by atoms with Gasteiger partial charge in [-0.1, -0.05) is 6.07 Å². The van der Waals surface area contributed by atoms with E-state index in [1.54, 1.807) is 6.07 Å². The molecule has 1 unspecified atom stereocenters. The van der Waals surface area contributed by atoms with E-state index in [0.717, 1.165) is 16.7 Å². The predicted molar refractivity (Wildman–Crippen MR) is 47.8 cm³/mol. The summed E-state index contributed by atoms with van der Waals surface area (Å²) in [6.07, 6.45) is 0. The van der Waals surface area contributed by atoms with E-state index in [4.69, 9.17) is 0 Å². The Kier molecular flexibility index (Phi) is 6.18. The maximum Gasteiger partial charge on any atom is 1.00 e. The van der Waals surface area contributed by atoms with Crippen LogP contribution in [0.3, 0.4) is 0 Å². The van der Waals surface area contributed by atoms with Crippen LogP contribution in [0.15, 0.2) is 17.0 Å². The Morgan fingerprint density at radius 3 is 2.15 bits per heavy atom. The molecule has 0 spiro atoms. The third kappa shape index (κ3) is 3.23. The first-order chi connectivity index (χ1) is 5.54. The zero-order valence-corrected chi connectivity index (χ0v) is 12.3. The van der Waals surface area contributed by atoms with Crippen molar-refractivity contribution in [3.63, 3.8) is 0 Å². The number of aryl methyl sites for hydroxylation is 1. The average molecular weight is 222 g/mol. The first kappa shape index (κ1) is 14.0. The van der Waals surface area contributed by atoms with E-state index in [-0.39, 0.29) is 51.4 Å². The molecule has 1 atom stereocenters. The van der Waals surface area contributed by atoms with Gasteiger partial charge < -0.3 is 4.55 Å². The first-order valence-electron chi connectivity index (χ1n) is 3.70. The summed E-state index contributed by atoms with van der Waals surface area (Å²) < 4.78 is 21.4. The summed E-state index contributed by atoms with van der Waals surface area (Å²) in [5.41, 5.74) is 3.03. The monoisotopic (exact) mass is 222 g/mol. The normalized spacial score (nSPS) is 12.0. The largest absolute Gasteiger partial charge is 1.00 e. The third-order valence-corrected chi connectivity index (χ3v) is 2.99. The Balaban J connectivity index is 0.00000144. The molecule has 0 N–H and O–H groups in total. The van der Waals surface area contributed by atoms with E-state index < -0.39 is 11.1 Å². The fourth-order valence-corrected chi connectivity index (χ4v) is 1.69. The molecule has 4 heteroatoms. The maximum atomic E-state index is 10.7. The topological polar surface area (TPSA) is 40.1 Å². The zero-order valence-electron chi connectivity index (χ0n) is 8.38. The Labute approximate surface area is 124 Å². The van der Waals surface area contributed by atoms with Crippen LogP contribution in [0.25, 0.3) is 0 Å². The summed E-state index contributed by atoms with van der Waals surface area (Å²) in [6, 6.07) is 3.47. The van der Waals surface area contributed by atoms with Gasteiger partial charge in [-0.2, -0.15) is 0 Å². The second-order valence-electron chi connectivity index (χ2n) is 2.87. The van der Waals surface area contributed by atoms with Crippen LogP contribution in [0.5, 0.6) is 0 Å². The SMILES string of the molecule is Cc1ccc(S(=O)[O-])c(C)c1C.[K+]. The van der Waals surface area contributed by atoms with Crippen molar-refractivity contribution in [3.8, 4) is 0 Å². The fourth-order valence-electron chi connectivity index (χ4n) is 1.11. The summed E-state index contributed by atoms with van der Waals surface area (Å²) in [7, 11) is 0. The van der Waals surface area contributed by atoms with Crippen LogP contribution in [-0.4, -0.2) is 8.76 Å². The van der Waals surface area contributed by atoms with Crippen molar-refractivity contribution in [2.45, 2.75) is 25.7 Å². The number of hydrogen-bond donors (Lipinski definition) is 0. The quantitative estimate of drug-likeness (QED) is 0.445. The molecule has 0 aliphatic carbocycles. The van der Waals surface area contributed by atoms with Crippen molar-refractivity contribution in [1.29, 1.82) is 0 Å². The molecule has 66 valence electrons. The van der Waals surface area contributed by atoms with Crippen LogP contribution in [0.1, 0.15) is 16.7 Å². The van der Waals surface area contributed by atoms with Crippen molar-refractivity contribution in [3.05, 3.63) is 28.8 Å². The van der Waals surface area contributed by atoms with Crippen molar-refractivity contribution >= 4 is 11.1 Å². The van der Waals surface area contributed by atoms with Gasteiger partial charge in [-0.3, -0.25) is 4.21 Å². The molecular formula is C9H11KO2S. The molecule has 0 aromatic heterocycles. The van der Waals surface area contributed by atoms with E-state index >= 15 is 0 Å². The fraction of sp³-hybridized carbons (Fsp3) is 0.333. The molecular weight excluding hydrogens is 211 g/mol. The summed E-state index contributed by atoms with van der Waals surface area (Å²) in [5, 5.41) is 0. The van der Waals surface area contributed by atoms with Crippen molar-refractivity contribution in [2.24, 2.45) is 0 Å². The van der Waals surface area contributed by atoms with Gasteiger partial charge in [0.1, 0.15) is 0 Å². The molecule has 0 bridgehead atoms. The minimum absolute atomic E-state index is 0. The third-order valence-electron chi connectivity index (χ3n) is 2.19.